The molecule has 0 spiro atoms. The average Bonchev–Trinajstić information content (AvgIpc) is 3.16. The molecule has 2 aromatic carbocycles. The van der Waals surface area contributed by atoms with Gasteiger partial charge in [0.05, 0.1) is 22.7 Å². The third kappa shape index (κ3) is 6.30. The van der Waals surface area contributed by atoms with Crippen LogP contribution in [0.3, 0.4) is 0 Å². The van der Waals surface area contributed by atoms with Crippen LogP contribution in [0.2, 0.25) is 0 Å². The second-order valence-electron chi connectivity index (χ2n) is 6.70. The summed E-state index contributed by atoms with van der Waals surface area (Å²) in [7, 11) is -1.24. The van der Waals surface area contributed by atoms with Crippen LogP contribution in [0.5, 0.6) is 5.75 Å². The van der Waals surface area contributed by atoms with E-state index in [0.29, 0.717) is 17.2 Å². The molecule has 0 aliphatic carbocycles. The van der Waals surface area contributed by atoms with Gasteiger partial charge in [-0.3, -0.25) is 9.00 Å². The van der Waals surface area contributed by atoms with E-state index in [1.54, 1.807) is 24.3 Å². The first-order valence-electron chi connectivity index (χ1n) is 9.17. The molecule has 0 saturated heterocycles. The van der Waals surface area contributed by atoms with Crippen LogP contribution in [-0.4, -0.2) is 16.2 Å². The van der Waals surface area contributed by atoms with E-state index in [2.05, 4.69) is 21.2 Å². The summed E-state index contributed by atoms with van der Waals surface area (Å²) < 4.78 is 24.5. The highest BCUT2D eigenvalue weighted by Crippen LogP contribution is 2.18. The minimum atomic E-state index is -1.24. The molecule has 0 fully saturated rings. The molecule has 0 aliphatic heterocycles. The fraction of sp³-hybridized carbons (Fsp3) is 0.227. The van der Waals surface area contributed by atoms with Crippen molar-refractivity contribution >= 4 is 32.6 Å². The third-order valence-corrected chi connectivity index (χ3v) is 5.86. The van der Waals surface area contributed by atoms with E-state index in [1.165, 1.54) is 0 Å². The van der Waals surface area contributed by atoms with Gasteiger partial charge in [0.15, 0.2) is 5.76 Å². The molecule has 29 heavy (non-hydrogen) atoms. The van der Waals surface area contributed by atoms with Crippen LogP contribution in [0.1, 0.15) is 35.7 Å². The predicted octanol–water partition coefficient (Wildman–Crippen LogP) is 5.07. The lowest BCUT2D eigenvalue weighted by Crippen LogP contribution is -2.22. The summed E-state index contributed by atoms with van der Waals surface area (Å²) in [6, 6.07) is 18.1. The van der Waals surface area contributed by atoms with E-state index in [9.17, 15) is 9.00 Å². The van der Waals surface area contributed by atoms with Crippen LogP contribution in [0, 0.1) is 0 Å². The van der Waals surface area contributed by atoms with Gasteiger partial charge in [0.2, 0.25) is 0 Å². The maximum Gasteiger partial charge on any atom is 0.287 e. The van der Waals surface area contributed by atoms with Crippen LogP contribution in [0.4, 0.5) is 0 Å². The van der Waals surface area contributed by atoms with Gasteiger partial charge in [-0.1, -0.05) is 28.1 Å². The molecule has 152 valence electrons. The van der Waals surface area contributed by atoms with Crippen LogP contribution < -0.4 is 10.1 Å². The first-order valence-corrected chi connectivity index (χ1v) is 11.3. The standard InChI is InChI=1S/C22H22BrNO4S/c1-15(2)27-18-7-3-16(4-8-18)13-24-22(25)21-12-9-19(28-21)14-29(26)20-10-5-17(23)6-11-20/h3-12,15H,13-14H2,1-2H3,(H,24,25). The van der Waals surface area contributed by atoms with Crippen molar-refractivity contribution in [1.29, 1.82) is 0 Å². The number of benzene rings is 2. The first kappa shape index (κ1) is 21.3. The number of nitrogens with one attached hydrogen (secondary N) is 1. The van der Waals surface area contributed by atoms with E-state index >= 15 is 0 Å². The number of hydrogen-bond acceptors (Lipinski definition) is 4. The molecule has 1 heterocycles. The first-order chi connectivity index (χ1) is 13.9. The van der Waals surface area contributed by atoms with Crippen molar-refractivity contribution in [3.05, 3.63) is 82.2 Å². The average molecular weight is 476 g/mol. The van der Waals surface area contributed by atoms with Crippen molar-refractivity contribution < 1.29 is 18.2 Å². The van der Waals surface area contributed by atoms with Gasteiger partial charge in [0.25, 0.3) is 5.91 Å². The topological polar surface area (TPSA) is 68.5 Å². The Morgan fingerprint density at radius 3 is 2.41 bits per heavy atom. The Balaban J connectivity index is 1.53. The van der Waals surface area contributed by atoms with Gasteiger partial charge in [-0.15, -0.1) is 0 Å². The van der Waals surface area contributed by atoms with Gasteiger partial charge >= 0.3 is 0 Å². The van der Waals surface area contributed by atoms with Crippen molar-refractivity contribution in [2.75, 3.05) is 0 Å². The van der Waals surface area contributed by atoms with Gasteiger partial charge in [0.1, 0.15) is 11.5 Å². The number of furan rings is 1. The Morgan fingerprint density at radius 1 is 1.07 bits per heavy atom. The molecule has 1 amide bonds. The highest BCUT2D eigenvalue weighted by atomic mass is 79.9. The quantitative estimate of drug-likeness (QED) is 0.493. The van der Waals surface area contributed by atoms with Crippen molar-refractivity contribution in [1.82, 2.24) is 5.32 Å². The molecular formula is C22H22BrNO4S. The Morgan fingerprint density at radius 2 is 1.76 bits per heavy atom. The molecule has 7 heteroatoms. The Bertz CT molecular complexity index is 981. The fourth-order valence-corrected chi connectivity index (χ4v) is 3.89. The zero-order chi connectivity index (χ0) is 20.8. The highest BCUT2D eigenvalue weighted by Gasteiger charge is 2.13. The van der Waals surface area contributed by atoms with Gasteiger partial charge in [-0.05, 0) is 67.9 Å². The molecule has 5 nitrogen and oxygen atoms in total. The highest BCUT2D eigenvalue weighted by molar-refractivity contribution is 9.10. The SMILES string of the molecule is CC(C)Oc1ccc(CNC(=O)c2ccc(CS(=O)c3ccc(Br)cc3)o2)cc1. The molecule has 0 radical (unpaired) electrons. The number of ether oxygens (including phenoxy) is 1. The number of carbonyl (C=O) groups is 1. The maximum atomic E-state index is 12.4. The molecule has 1 N–H and O–H groups in total. The molecule has 3 rings (SSSR count). The van der Waals surface area contributed by atoms with E-state index in [0.717, 1.165) is 15.8 Å². The predicted molar refractivity (Wildman–Crippen MR) is 116 cm³/mol. The Kier molecular flexibility index (Phi) is 7.28. The van der Waals surface area contributed by atoms with Crippen molar-refractivity contribution in [3.8, 4) is 5.75 Å². The van der Waals surface area contributed by atoms with Crippen molar-refractivity contribution in [3.63, 3.8) is 0 Å². The van der Waals surface area contributed by atoms with Crippen LogP contribution >= 0.6 is 15.9 Å². The molecule has 0 saturated carbocycles. The Hall–Kier alpha value is -2.38. The molecule has 3 aromatic rings. The Labute approximate surface area is 181 Å². The second-order valence-corrected chi connectivity index (χ2v) is 9.07. The summed E-state index contributed by atoms with van der Waals surface area (Å²) in [6.07, 6.45) is 0.117. The van der Waals surface area contributed by atoms with Crippen LogP contribution in [-0.2, 0) is 23.1 Å². The smallest absolute Gasteiger partial charge is 0.287 e. The van der Waals surface area contributed by atoms with Gasteiger partial charge in [-0.25, -0.2) is 0 Å². The van der Waals surface area contributed by atoms with Gasteiger partial charge < -0.3 is 14.5 Å². The largest absolute Gasteiger partial charge is 0.491 e. The van der Waals surface area contributed by atoms with Gasteiger partial charge in [-0.2, -0.15) is 0 Å². The van der Waals surface area contributed by atoms with E-state index in [4.69, 9.17) is 9.15 Å². The fourth-order valence-electron chi connectivity index (χ4n) is 2.60. The minimum absolute atomic E-state index is 0.117. The lowest BCUT2D eigenvalue weighted by Gasteiger charge is -2.10. The summed E-state index contributed by atoms with van der Waals surface area (Å²) in [5, 5.41) is 2.83. The second kappa shape index (κ2) is 9.89. The number of rotatable bonds is 8. The molecular weight excluding hydrogens is 454 g/mol. The molecule has 0 aliphatic rings. The lowest BCUT2D eigenvalue weighted by atomic mass is 10.2. The molecule has 1 aromatic heterocycles. The van der Waals surface area contributed by atoms with Crippen LogP contribution in [0.25, 0.3) is 0 Å². The van der Waals surface area contributed by atoms with E-state index < -0.39 is 10.8 Å². The zero-order valence-corrected chi connectivity index (χ0v) is 18.6. The van der Waals surface area contributed by atoms with Gasteiger partial charge in [0, 0.05) is 15.9 Å². The maximum absolute atomic E-state index is 12.4. The minimum Gasteiger partial charge on any atom is -0.491 e. The number of amides is 1. The van der Waals surface area contributed by atoms with Crippen molar-refractivity contribution in [2.45, 2.75) is 37.1 Å². The normalized spacial score (nSPS) is 12.0. The van der Waals surface area contributed by atoms with Crippen molar-refractivity contribution in [2.24, 2.45) is 0 Å². The summed E-state index contributed by atoms with van der Waals surface area (Å²) in [5.74, 6) is 1.41. The number of halogens is 1. The summed E-state index contributed by atoms with van der Waals surface area (Å²) in [5.41, 5.74) is 0.956. The molecule has 0 bridgehead atoms. The molecule has 1 unspecified atom stereocenters. The lowest BCUT2D eigenvalue weighted by molar-refractivity contribution is 0.0921. The van der Waals surface area contributed by atoms with E-state index in [-0.39, 0.29) is 23.5 Å². The number of carbonyl (C=O) groups excluding carboxylic acids is 1. The summed E-state index contributed by atoms with van der Waals surface area (Å²) in [4.78, 5) is 13.0. The third-order valence-electron chi connectivity index (χ3n) is 3.98. The number of hydrogen-bond donors (Lipinski definition) is 1. The summed E-state index contributed by atoms with van der Waals surface area (Å²) in [6.45, 7) is 4.32. The van der Waals surface area contributed by atoms with E-state index in [1.807, 2.05) is 50.2 Å². The molecule has 1 atom stereocenters. The monoisotopic (exact) mass is 475 g/mol. The zero-order valence-electron chi connectivity index (χ0n) is 16.2. The summed E-state index contributed by atoms with van der Waals surface area (Å²) >= 11 is 3.36. The van der Waals surface area contributed by atoms with Crippen LogP contribution in [0.15, 0.2) is 74.4 Å².